The molecule has 138 valence electrons. The molecule has 0 aliphatic carbocycles. The van der Waals surface area contributed by atoms with Crippen LogP contribution in [0, 0.1) is 6.92 Å². The molecule has 0 bridgehead atoms. The second-order valence-electron chi connectivity index (χ2n) is 6.62. The van der Waals surface area contributed by atoms with Gasteiger partial charge in [0.25, 0.3) is 5.91 Å². The Hall–Kier alpha value is -2.48. The van der Waals surface area contributed by atoms with Crippen LogP contribution in [0.5, 0.6) is 0 Å². The quantitative estimate of drug-likeness (QED) is 0.849. The van der Waals surface area contributed by atoms with Crippen LogP contribution in [0.1, 0.15) is 28.0 Å². The van der Waals surface area contributed by atoms with E-state index in [1.165, 1.54) is 0 Å². The number of hydrogen-bond donors (Lipinski definition) is 1. The highest BCUT2D eigenvalue weighted by atomic mass is 32.2. The van der Waals surface area contributed by atoms with Crippen molar-refractivity contribution in [2.24, 2.45) is 0 Å². The summed E-state index contributed by atoms with van der Waals surface area (Å²) < 4.78 is 23.2. The third-order valence-electron chi connectivity index (χ3n) is 4.54. The molecule has 1 aliphatic rings. The van der Waals surface area contributed by atoms with Gasteiger partial charge in [0.05, 0.1) is 11.5 Å². The minimum absolute atomic E-state index is 0.102. The summed E-state index contributed by atoms with van der Waals surface area (Å²) in [5.41, 5.74) is 2.39. The van der Waals surface area contributed by atoms with Crippen LogP contribution in [0.2, 0.25) is 0 Å². The predicted octanol–water partition coefficient (Wildman–Crippen LogP) is 1.34. The van der Waals surface area contributed by atoms with Crippen molar-refractivity contribution in [1.82, 2.24) is 15.5 Å². The molecule has 1 aromatic heterocycles. The molecule has 8 heteroatoms. The number of sulfone groups is 1. The zero-order chi connectivity index (χ0) is 18.7. The molecule has 0 saturated carbocycles. The van der Waals surface area contributed by atoms with Crippen molar-refractivity contribution in [1.29, 1.82) is 0 Å². The molecule has 0 radical (unpaired) electrons. The van der Waals surface area contributed by atoms with E-state index in [-0.39, 0.29) is 29.1 Å². The zero-order valence-corrected chi connectivity index (χ0v) is 15.7. The third-order valence-corrected chi connectivity index (χ3v) is 6.29. The number of carbonyl (C=O) groups excluding carboxylic acids is 1. The van der Waals surface area contributed by atoms with Gasteiger partial charge in [0.2, 0.25) is 0 Å². The molecule has 26 heavy (non-hydrogen) atoms. The first-order valence-corrected chi connectivity index (χ1v) is 10.3. The van der Waals surface area contributed by atoms with Gasteiger partial charge in [0.1, 0.15) is 0 Å². The number of hydrogen-bond acceptors (Lipinski definition) is 6. The van der Waals surface area contributed by atoms with Crippen molar-refractivity contribution in [2.75, 3.05) is 23.5 Å². The van der Waals surface area contributed by atoms with E-state index in [4.69, 9.17) is 0 Å². The summed E-state index contributed by atoms with van der Waals surface area (Å²) in [7, 11) is -1.16. The number of nitrogens with zero attached hydrogens (tertiary/aromatic N) is 3. The number of benzene rings is 1. The van der Waals surface area contributed by atoms with Crippen LogP contribution < -0.4 is 10.2 Å². The first-order valence-electron chi connectivity index (χ1n) is 8.45. The van der Waals surface area contributed by atoms with Crippen LogP contribution >= 0.6 is 0 Å². The van der Waals surface area contributed by atoms with Gasteiger partial charge in [-0.1, -0.05) is 29.8 Å². The number of carbonyl (C=O) groups is 1. The summed E-state index contributed by atoms with van der Waals surface area (Å²) in [5.74, 6) is 0.595. The second-order valence-corrected chi connectivity index (χ2v) is 8.84. The maximum atomic E-state index is 12.2. The fourth-order valence-corrected chi connectivity index (χ4v) is 4.77. The van der Waals surface area contributed by atoms with Crippen molar-refractivity contribution in [2.45, 2.75) is 25.9 Å². The van der Waals surface area contributed by atoms with Crippen molar-refractivity contribution >= 4 is 21.6 Å². The van der Waals surface area contributed by atoms with Crippen molar-refractivity contribution < 1.29 is 13.2 Å². The smallest absolute Gasteiger partial charge is 0.272 e. The molecule has 1 fully saturated rings. The van der Waals surface area contributed by atoms with E-state index in [0.29, 0.717) is 18.8 Å². The standard InChI is InChI=1S/C18H22N4O3S/c1-13-4-3-5-14(10-13)11-19-18(23)16-6-7-17(21-20-16)22(2)15-8-9-26(24,25)12-15/h3-7,10,15H,8-9,11-12H2,1-2H3,(H,19,23). The molecule has 1 aliphatic heterocycles. The number of anilines is 1. The predicted molar refractivity (Wildman–Crippen MR) is 99.8 cm³/mol. The van der Waals surface area contributed by atoms with Gasteiger partial charge in [-0.05, 0) is 31.0 Å². The minimum atomic E-state index is -2.96. The van der Waals surface area contributed by atoms with E-state index < -0.39 is 9.84 Å². The van der Waals surface area contributed by atoms with Crippen LogP contribution in [0.25, 0.3) is 0 Å². The third kappa shape index (κ3) is 4.37. The largest absolute Gasteiger partial charge is 0.354 e. The lowest BCUT2D eigenvalue weighted by Gasteiger charge is -2.23. The Balaban J connectivity index is 1.61. The topological polar surface area (TPSA) is 92.3 Å². The second kappa shape index (κ2) is 7.41. The average molecular weight is 374 g/mol. The molecular formula is C18H22N4O3S. The van der Waals surface area contributed by atoms with Crippen LogP contribution in [-0.4, -0.2) is 49.1 Å². The number of rotatable bonds is 5. The van der Waals surface area contributed by atoms with Gasteiger partial charge in [-0.3, -0.25) is 4.79 Å². The molecule has 1 N–H and O–H groups in total. The van der Waals surface area contributed by atoms with Gasteiger partial charge in [-0.15, -0.1) is 10.2 Å². The molecule has 1 saturated heterocycles. The highest BCUT2D eigenvalue weighted by Crippen LogP contribution is 2.20. The molecule has 1 aromatic carbocycles. The number of aryl methyl sites for hydroxylation is 1. The summed E-state index contributed by atoms with van der Waals surface area (Å²) in [6.45, 7) is 2.42. The van der Waals surface area contributed by atoms with Crippen molar-refractivity contribution in [3.63, 3.8) is 0 Å². The Kier molecular flexibility index (Phi) is 5.22. The summed E-state index contributed by atoms with van der Waals surface area (Å²) >= 11 is 0. The number of amides is 1. The number of nitrogens with one attached hydrogen (secondary N) is 1. The van der Waals surface area contributed by atoms with Crippen LogP contribution in [0.15, 0.2) is 36.4 Å². The highest BCUT2D eigenvalue weighted by molar-refractivity contribution is 7.91. The maximum absolute atomic E-state index is 12.2. The van der Waals surface area contributed by atoms with Gasteiger partial charge in [-0.25, -0.2) is 8.42 Å². The zero-order valence-electron chi connectivity index (χ0n) is 14.8. The van der Waals surface area contributed by atoms with Gasteiger partial charge < -0.3 is 10.2 Å². The maximum Gasteiger partial charge on any atom is 0.272 e. The molecule has 3 rings (SSSR count). The Morgan fingerprint density at radius 2 is 2.08 bits per heavy atom. The molecule has 1 amide bonds. The molecule has 2 aromatic rings. The molecule has 0 spiro atoms. The van der Waals surface area contributed by atoms with Gasteiger partial charge in [0, 0.05) is 19.6 Å². The average Bonchev–Trinajstić information content (AvgIpc) is 2.99. The Bertz CT molecular complexity index is 897. The van der Waals surface area contributed by atoms with E-state index in [2.05, 4.69) is 15.5 Å². The Morgan fingerprint density at radius 1 is 1.27 bits per heavy atom. The molecule has 2 heterocycles. The molecule has 1 unspecified atom stereocenters. The highest BCUT2D eigenvalue weighted by Gasteiger charge is 2.31. The van der Waals surface area contributed by atoms with E-state index in [1.54, 1.807) is 19.2 Å². The summed E-state index contributed by atoms with van der Waals surface area (Å²) in [4.78, 5) is 14.0. The van der Waals surface area contributed by atoms with Crippen molar-refractivity contribution in [3.8, 4) is 0 Å². The lowest BCUT2D eigenvalue weighted by molar-refractivity contribution is 0.0945. The Morgan fingerprint density at radius 3 is 2.69 bits per heavy atom. The fourth-order valence-electron chi connectivity index (χ4n) is 3.00. The first kappa shape index (κ1) is 18.3. The lowest BCUT2D eigenvalue weighted by Crippen LogP contribution is -2.33. The fraction of sp³-hybridized carbons (Fsp3) is 0.389. The van der Waals surface area contributed by atoms with Crippen LogP contribution in [-0.2, 0) is 16.4 Å². The van der Waals surface area contributed by atoms with Gasteiger partial charge >= 0.3 is 0 Å². The van der Waals surface area contributed by atoms with E-state index >= 15 is 0 Å². The molecular weight excluding hydrogens is 352 g/mol. The molecule has 1 atom stereocenters. The monoisotopic (exact) mass is 374 g/mol. The summed E-state index contributed by atoms with van der Waals surface area (Å²) in [5, 5.41) is 10.9. The first-order chi connectivity index (χ1) is 12.3. The lowest BCUT2D eigenvalue weighted by atomic mass is 10.1. The number of aromatic nitrogens is 2. The Labute approximate surface area is 153 Å². The normalized spacial score (nSPS) is 18.5. The van der Waals surface area contributed by atoms with Gasteiger partial charge in [-0.2, -0.15) is 0 Å². The molecule has 7 nitrogen and oxygen atoms in total. The van der Waals surface area contributed by atoms with Gasteiger partial charge in [0.15, 0.2) is 21.3 Å². The van der Waals surface area contributed by atoms with Crippen LogP contribution in [0.4, 0.5) is 5.82 Å². The van der Waals surface area contributed by atoms with Crippen molar-refractivity contribution in [3.05, 3.63) is 53.2 Å². The minimum Gasteiger partial charge on any atom is -0.354 e. The SMILES string of the molecule is Cc1cccc(CNC(=O)c2ccc(N(C)C3CCS(=O)(=O)C3)nn2)c1. The van der Waals surface area contributed by atoms with E-state index in [9.17, 15) is 13.2 Å². The van der Waals surface area contributed by atoms with E-state index in [0.717, 1.165) is 11.1 Å². The summed E-state index contributed by atoms with van der Waals surface area (Å²) in [6, 6.07) is 11.1. The summed E-state index contributed by atoms with van der Waals surface area (Å²) in [6.07, 6.45) is 0.583. The van der Waals surface area contributed by atoms with E-state index in [1.807, 2.05) is 36.1 Å². The van der Waals surface area contributed by atoms with Crippen LogP contribution in [0.3, 0.4) is 0 Å².